The van der Waals surface area contributed by atoms with Crippen LogP contribution in [0.3, 0.4) is 0 Å². The number of nitrogens with one attached hydrogen (secondary N) is 1. The van der Waals surface area contributed by atoms with Gasteiger partial charge in [0.2, 0.25) is 0 Å². The number of nitrogen functional groups attached to an aromatic ring is 1. The van der Waals surface area contributed by atoms with E-state index in [1.54, 1.807) is 30.6 Å². The smallest absolute Gasteiger partial charge is 0.251 e. The number of anilines is 1. The molecule has 3 heterocycles. The Hall–Kier alpha value is -4.37. The topological polar surface area (TPSA) is 128 Å². The fourth-order valence-corrected chi connectivity index (χ4v) is 5.19. The van der Waals surface area contributed by atoms with Gasteiger partial charge in [0.25, 0.3) is 5.91 Å². The van der Waals surface area contributed by atoms with Gasteiger partial charge in [0, 0.05) is 59.3 Å². The zero-order valence-electron chi connectivity index (χ0n) is 20.4. The summed E-state index contributed by atoms with van der Waals surface area (Å²) in [6.07, 6.45) is 4.79. The number of aromatic nitrogens is 3. The van der Waals surface area contributed by atoms with E-state index in [-0.39, 0.29) is 10.8 Å². The number of carbonyl (C=O) groups is 1. The molecule has 0 bridgehead atoms. The highest BCUT2D eigenvalue weighted by atomic mass is 32.2. The third-order valence-electron chi connectivity index (χ3n) is 6.13. The van der Waals surface area contributed by atoms with Crippen molar-refractivity contribution in [1.29, 1.82) is 0 Å². The Balaban J connectivity index is 1.36. The molecule has 0 aliphatic rings. The Morgan fingerprint density at radius 3 is 2.51 bits per heavy atom. The zero-order valence-corrected chi connectivity index (χ0v) is 21.2. The molecule has 186 valence electrons. The third-order valence-corrected chi connectivity index (χ3v) is 7.24. The minimum absolute atomic E-state index is 0.186. The predicted molar refractivity (Wildman–Crippen MR) is 144 cm³/mol. The van der Waals surface area contributed by atoms with Crippen molar-refractivity contribution in [2.75, 3.05) is 12.0 Å². The third kappa shape index (κ3) is 5.26. The molecular formula is C28H25N5O3S. The van der Waals surface area contributed by atoms with Crippen LogP contribution >= 0.6 is 0 Å². The van der Waals surface area contributed by atoms with Crippen molar-refractivity contribution in [2.24, 2.45) is 0 Å². The molecule has 0 radical (unpaired) electrons. The first-order valence-electron chi connectivity index (χ1n) is 11.6. The number of fused-ring (bicyclic) bond motifs is 2. The van der Waals surface area contributed by atoms with E-state index >= 15 is 0 Å². The van der Waals surface area contributed by atoms with Gasteiger partial charge in [0.05, 0.1) is 10.4 Å². The lowest BCUT2D eigenvalue weighted by atomic mass is 10.0. The number of hydrogen-bond acceptors (Lipinski definition) is 7. The summed E-state index contributed by atoms with van der Waals surface area (Å²) in [5.41, 5.74) is 9.96. The molecule has 5 rings (SSSR count). The largest absolute Gasteiger partial charge is 0.383 e. The first-order valence-corrected chi connectivity index (χ1v) is 13.5. The highest BCUT2D eigenvalue weighted by molar-refractivity contribution is 7.91. The molecule has 0 aliphatic carbocycles. The molecule has 37 heavy (non-hydrogen) atoms. The molecule has 8 nitrogen and oxygen atoms in total. The lowest BCUT2D eigenvalue weighted by Gasteiger charge is -2.10. The lowest BCUT2D eigenvalue weighted by molar-refractivity contribution is 0.0950. The maximum Gasteiger partial charge on any atom is 0.251 e. The average molecular weight is 512 g/mol. The van der Waals surface area contributed by atoms with Crippen LogP contribution in [0.4, 0.5) is 5.82 Å². The molecule has 5 aromatic rings. The summed E-state index contributed by atoms with van der Waals surface area (Å²) >= 11 is 0. The summed E-state index contributed by atoms with van der Waals surface area (Å²) in [4.78, 5) is 26.0. The second-order valence-corrected chi connectivity index (χ2v) is 11.0. The van der Waals surface area contributed by atoms with E-state index in [2.05, 4.69) is 20.3 Å². The van der Waals surface area contributed by atoms with Crippen LogP contribution in [0.25, 0.3) is 21.7 Å². The van der Waals surface area contributed by atoms with Crippen LogP contribution in [0, 0.1) is 6.92 Å². The predicted octanol–water partition coefficient (Wildman–Crippen LogP) is 3.99. The van der Waals surface area contributed by atoms with Crippen LogP contribution in [0.2, 0.25) is 0 Å². The van der Waals surface area contributed by atoms with E-state index in [1.165, 1.54) is 6.26 Å². The summed E-state index contributed by atoms with van der Waals surface area (Å²) in [6.45, 7) is 2.18. The molecule has 0 unspecified atom stereocenters. The number of carbonyl (C=O) groups excluding carboxylic acids is 1. The van der Waals surface area contributed by atoms with E-state index in [4.69, 9.17) is 5.73 Å². The average Bonchev–Trinajstić information content (AvgIpc) is 2.86. The van der Waals surface area contributed by atoms with Crippen LogP contribution in [0.1, 0.15) is 32.9 Å². The van der Waals surface area contributed by atoms with Crippen molar-refractivity contribution >= 4 is 43.2 Å². The van der Waals surface area contributed by atoms with Crippen molar-refractivity contribution in [3.63, 3.8) is 0 Å². The molecule has 0 spiro atoms. The van der Waals surface area contributed by atoms with Crippen LogP contribution < -0.4 is 11.1 Å². The normalized spacial score (nSPS) is 11.6. The number of nitrogens with two attached hydrogens (primary N) is 1. The highest BCUT2D eigenvalue weighted by Gasteiger charge is 2.16. The SMILES string of the molecule is Cc1ccc2cc(Cc3cc(C(=O)NCc4ccc5c(N)nccc5c4)ccn3)cc(S(C)(=O)=O)c2n1. The quantitative estimate of drug-likeness (QED) is 0.353. The van der Waals surface area contributed by atoms with Gasteiger partial charge in [0.15, 0.2) is 9.84 Å². The molecule has 1 amide bonds. The number of aryl methyl sites for hydroxylation is 1. The molecular weight excluding hydrogens is 486 g/mol. The minimum atomic E-state index is -3.49. The van der Waals surface area contributed by atoms with E-state index in [1.807, 2.05) is 49.4 Å². The molecule has 3 N–H and O–H groups in total. The zero-order chi connectivity index (χ0) is 26.2. The first-order chi connectivity index (χ1) is 17.7. The van der Waals surface area contributed by atoms with Crippen LogP contribution in [-0.2, 0) is 22.8 Å². The van der Waals surface area contributed by atoms with E-state index in [0.29, 0.717) is 35.6 Å². The van der Waals surface area contributed by atoms with Gasteiger partial charge in [-0.15, -0.1) is 0 Å². The maximum absolute atomic E-state index is 12.9. The van der Waals surface area contributed by atoms with Gasteiger partial charge in [-0.05, 0) is 65.9 Å². The Morgan fingerprint density at radius 1 is 0.919 bits per heavy atom. The summed E-state index contributed by atoms with van der Waals surface area (Å²) in [5, 5.41) is 5.51. The van der Waals surface area contributed by atoms with E-state index in [9.17, 15) is 13.2 Å². The van der Waals surface area contributed by atoms with E-state index < -0.39 is 9.84 Å². The second-order valence-electron chi connectivity index (χ2n) is 9.04. The van der Waals surface area contributed by atoms with Crippen molar-refractivity contribution in [3.8, 4) is 0 Å². The maximum atomic E-state index is 12.9. The number of nitrogens with zero attached hydrogens (tertiary/aromatic N) is 3. The number of sulfone groups is 1. The number of hydrogen-bond donors (Lipinski definition) is 2. The van der Waals surface area contributed by atoms with Crippen LogP contribution in [0.5, 0.6) is 0 Å². The van der Waals surface area contributed by atoms with Crippen molar-refractivity contribution in [2.45, 2.75) is 24.8 Å². The van der Waals surface area contributed by atoms with Crippen molar-refractivity contribution < 1.29 is 13.2 Å². The standard InChI is InChI=1S/C28H25N5O3S/c1-17-3-5-21-12-19(14-25(26(21)33-17)37(2,35)36)13-23-15-22(8-9-30-23)28(34)32-16-18-4-6-24-20(11-18)7-10-31-27(24)29/h3-12,14-15H,13,16H2,1-2H3,(H2,29,31)(H,32,34). The van der Waals surface area contributed by atoms with Crippen LogP contribution in [-0.4, -0.2) is 35.5 Å². The molecule has 0 saturated carbocycles. The van der Waals surface area contributed by atoms with Gasteiger partial charge in [-0.3, -0.25) is 14.8 Å². The molecule has 0 fully saturated rings. The summed E-state index contributed by atoms with van der Waals surface area (Å²) in [6, 6.07) is 18.3. The Morgan fingerprint density at radius 2 is 1.70 bits per heavy atom. The number of benzene rings is 2. The number of rotatable bonds is 6. The molecule has 3 aromatic heterocycles. The van der Waals surface area contributed by atoms with Crippen molar-refractivity contribution in [1.82, 2.24) is 20.3 Å². The monoisotopic (exact) mass is 511 g/mol. The minimum Gasteiger partial charge on any atom is -0.383 e. The Kier molecular flexibility index (Phi) is 6.31. The lowest BCUT2D eigenvalue weighted by Crippen LogP contribution is -2.23. The van der Waals surface area contributed by atoms with Crippen LogP contribution in [0.15, 0.2) is 78.0 Å². The van der Waals surface area contributed by atoms with Gasteiger partial charge >= 0.3 is 0 Å². The number of amides is 1. The summed E-state index contributed by atoms with van der Waals surface area (Å²) < 4.78 is 24.9. The number of pyridine rings is 3. The Bertz CT molecular complexity index is 1780. The molecule has 0 aliphatic heterocycles. The highest BCUT2D eigenvalue weighted by Crippen LogP contribution is 2.25. The fraction of sp³-hybridized carbons (Fsp3) is 0.143. The first kappa shape index (κ1) is 24.3. The van der Waals surface area contributed by atoms with Gasteiger partial charge < -0.3 is 11.1 Å². The van der Waals surface area contributed by atoms with Gasteiger partial charge in [-0.1, -0.05) is 18.2 Å². The summed E-state index contributed by atoms with van der Waals surface area (Å²) in [7, 11) is -3.49. The van der Waals surface area contributed by atoms with Crippen molar-refractivity contribution in [3.05, 3.63) is 101 Å². The van der Waals surface area contributed by atoms with Gasteiger partial charge in [-0.25, -0.2) is 13.4 Å². The summed E-state index contributed by atoms with van der Waals surface area (Å²) in [5.74, 6) is 0.242. The molecule has 0 atom stereocenters. The molecule has 9 heteroatoms. The van der Waals surface area contributed by atoms with Gasteiger partial charge in [-0.2, -0.15) is 0 Å². The fourth-order valence-electron chi connectivity index (χ4n) is 4.31. The van der Waals surface area contributed by atoms with E-state index in [0.717, 1.165) is 33.0 Å². The molecule has 0 saturated heterocycles. The van der Waals surface area contributed by atoms with Gasteiger partial charge in [0.1, 0.15) is 5.82 Å². The second kappa shape index (κ2) is 9.59. The Labute approximate surface area is 214 Å². The molecule has 2 aromatic carbocycles.